The first-order valence-corrected chi connectivity index (χ1v) is 5.78. The second-order valence-corrected chi connectivity index (χ2v) is 2.43. The first-order chi connectivity index (χ1) is 8.19. The molecule has 0 spiro atoms. The molecular weight excluding hydrogens is 218 g/mol. The molecule has 5 heteroatoms. The number of aryl methyl sites for hydroxylation is 1. The number of amides is 1. The number of methoxy groups -OCH3 is 1. The summed E-state index contributed by atoms with van der Waals surface area (Å²) in [4.78, 5) is 19.2. The molecule has 98 valence electrons. The van der Waals surface area contributed by atoms with Gasteiger partial charge in [-0.3, -0.25) is 9.78 Å². The van der Waals surface area contributed by atoms with Crippen LogP contribution in [0.15, 0.2) is 6.20 Å². The minimum atomic E-state index is -0.260. The molecule has 0 atom stereocenters. The van der Waals surface area contributed by atoms with Crippen LogP contribution in [-0.2, 0) is 0 Å². The van der Waals surface area contributed by atoms with Gasteiger partial charge in [-0.2, -0.15) is 0 Å². The van der Waals surface area contributed by atoms with Crippen LogP contribution in [0.2, 0.25) is 0 Å². The van der Waals surface area contributed by atoms with Crippen molar-refractivity contribution in [2.24, 2.45) is 0 Å². The predicted molar refractivity (Wildman–Crippen MR) is 69.4 cm³/mol. The number of ether oxygens (including phenoxy) is 1. The first-order valence-electron chi connectivity index (χ1n) is 5.78. The van der Waals surface area contributed by atoms with Crippen molar-refractivity contribution in [2.75, 3.05) is 14.2 Å². The molecule has 0 radical (unpaired) electrons. The quantitative estimate of drug-likeness (QED) is 0.862. The Kier molecular flexibility index (Phi) is 11.3. The van der Waals surface area contributed by atoms with Crippen LogP contribution < -0.4 is 10.1 Å². The molecule has 1 amide bonds. The predicted octanol–water partition coefficient (Wildman–Crippen LogP) is 2.21. The summed E-state index contributed by atoms with van der Waals surface area (Å²) in [5.74, 6) is 0.0769. The van der Waals surface area contributed by atoms with Gasteiger partial charge in [-0.15, -0.1) is 0 Å². The van der Waals surface area contributed by atoms with Gasteiger partial charge in [0.2, 0.25) is 5.88 Å². The van der Waals surface area contributed by atoms with Crippen molar-refractivity contribution < 1.29 is 9.53 Å². The summed E-state index contributed by atoms with van der Waals surface area (Å²) in [5, 5.41) is 2.48. The number of carbonyl (C=O) groups excluding carboxylic acids is 1. The fraction of sp³-hybridized carbons (Fsp3) is 0.583. The second kappa shape index (κ2) is 10.9. The Bertz CT molecular complexity index is 328. The molecule has 0 aliphatic heterocycles. The highest BCUT2D eigenvalue weighted by Gasteiger charge is 2.10. The van der Waals surface area contributed by atoms with E-state index in [0.29, 0.717) is 17.3 Å². The standard InChI is InChI=1S/C8H11N3O2.2C2H6/c1-5-7(8(12)9-2)11-6(13-3)4-10-5;2*1-2/h4H,1-3H3,(H,9,12);2*1-2H3. The van der Waals surface area contributed by atoms with Crippen LogP contribution in [0.4, 0.5) is 0 Å². The lowest BCUT2D eigenvalue weighted by Crippen LogP contribution is -2.21. The van der Waals surface area contributed by atoms with Crippen LogP contribution in [0.3, 0.4) is 0 Å². The first kappa shape index (κ1) is 17.7. The molecule has 0 bridgehead atoms. The molecule has 5 nitrogen and oxygen atoms in total. The molecule has 0 aromatic carbocycles. The Hall–Kier alpha value is -1.65. The zero-order valence-corrected chi connectivity index (χ0v) is 11.8. The van der Waals surface area contributed by atoms with Crippen molar-refractivity contribution in [3.8, 4) is 5.88 Å². The molecule has 17 heavy (non-hydrogen) atoms. The molecule has 0 saturated heterocycles. The maximum atomic E-state index is 11.2. The maximum absolute atomic E-state index is 11.2. The highest BCUT2D eigenvalue weighted by molar-refractivity contribution is 5.93. The SMILES string of the molecule is CC.CC.CNC(=O)c1nc(OC)cnc1C. The summed E-state index contributed by atoms with van der Waals surface area (Å²) in [6.07, 6.45) is 1.47. The number of hydrogen-bond donors (Lipinski definition) is 1. The van der Waals surface area contributed by atoms with Gasteiger partial charge in [0.05, 0.1) is 19.0 Å². The summed E-state index contributed by atoms with van der Waals surface area (Å²) in [6.45, 7) is 9.72. The van der Waals surface area contributed by atoms with Gasteiger partial charge in [-0.05, 0) is 6.92 Å². The van der Waals surface area contributed by atoms with Crippen LogP contribution in [-0.4, -0.2) is 30.0 Å². The Balaban J connectivity index is 0. The summed E-state index contributed by atoms with van der Waals surface area (Å²) in [6, 6.07) is 0. The van der Waals surface area contributed by atoms with Gasteiger partial charge in [-0.1, -0.05) is 27.7 Å². The average Bonchev–Trinajstić information content (AvgIpc) is 2.43. The van der Waals surface area contributed by atoms with E-state index in [0.717, 1.165) is 0 Å². The van der Waals surface area contributed by atoms with Crippen molar-refractivity contribution in [3.63, 3.8) is 0 Å². The lowest BCUT2D eigenvalue weighted by atomic mass is 10.3. The molecule has 1 rings (SSSR count). The number of rotatable bonds is 2. The smallest absolute Gasteiger partial charge is 0.271 e. The van der Waals surface area contributed by atoms with Crippen molar-refractivity contribution >= 4 is 5.91 Å². The molecule has 0 aliphatic carbocycles. The number of nitrogens with one attached hydrogen (secondary N) is 1. The van der Waals surface area contributed by atoms with Crippen molar-refractivity contribution in [1.82, 2.24) is 15.3 Å². The zero-order valence-electron chi connectivity index (χ0n) is 11.8. The lowest BCUT2D eigenvalue weighted by molar-refractivity contribution is 0.0956. The van der Waals surface area contributed by atoms with E-state index in [1.807, 2.05) is 27.7 Å². The third-order valence-electron chi connectivity index (χ3n) is 1.58. The molecule has 0 saturated carbocycles. The molecule has 0 aliphatic rings. The van der Waals surface area contributed by atoms with Gasteiger partial charge in [0.25, 0.3) is 5.91 Å². The Labute approximate surface area is 104 Å². The number of nitrogens with zero attached hydrogens (tertiary/aromatic N) is 2. The van der Waals surface area contributed by atoms with E-state index in [9.17, 15) is 4.79 Å². The van der Waals surface area contributed by atoms with Gasteiger partial charge in [0.1, 0.15) is 0 Å². The summed E-state index contributed by atoms with van der Waals surface area (Å²) in [5.41, 5.74) is 0.877. The zero-order chi connectivity index (χ0) is 13.8. The largest absolute Gasteiger partial charge is 0.480 e. The second-order valence-electron chi connectivity index (χ2n) is 2.43. The van der Waals surface area contributed by atoms with E-state index in [2.05, 4.69) is 15.3 Å². The third-order valence-corrected chi connectivity index (χ3v) is 1.58. The van der Waals surface area contributed by atoms with Crippen LogP contribution in [0, 0.1) is 6.92 Å². The number of aromatic nitrogens is 2. The van der Waals surface area contributed by atoms with E-state index in [1.54, 1.807) is 14.0 Å². The minimum Gasteiger partial charge on any atom is -0.480 e. The van der Waals surface area contributed by atoms with Gasteiger partial charge in [0.15, 0.2) is 5.69 Å². The van der Waals surface area contributed by atoms with Crippen LogP contribution in [0.5, 0.6) is 5.88 Å². The summed E-state index contributed by atoms with van der Waals surface area (Å²) in [7, 11) is 3.02. The average molecular weight is 241 g/mol. The Morgan fingerprint density at radius 1 is 1.29 bits per heavy atom. The fourth-order valence-corrected chi connectivity index (χ4v) is 0.865. The van der Waals surface area contributed by atoms with Gasteiger partial charge < -0.3 is 10.1 Å². The molecule has 1 aromatic heterocycles. The van der Waals surface area contributed by atoms with Gasteiger partial charge in [0, 0.05) is 7.05 Å². The highest BCUT2D eigenvalue weighted by Crippen LogP contribution is 2.07. The summed E-state index contributed by atoms with van der Waals surface area (Å²) >= 11 is 0. The topological polar surface area (TPSA) is 64.1 Å². The molecule has 0 unspecified atom stereocenters. The number of carbonyl (C=O) groups is 1. The fourth-order valence-electron chi connectivity index (χ4n) is 0.865. The van der Waals surface area contributed by atoms with Crippen molar-refractivity contribution in [3.05, 3.63) is 17.6 Å². The molecule has 1 aromatic rings. The third kappa shape index (κ3) is 5.85. The summed E-state index contributed by atoms with van der Waals surface area (Å²) < 4.78 is 4.85. The van der Waals surface area contributed by atoms with E-state index < -0.39 is 0 Å². The van der Waals surface area contributed by atoms with E-state index in [-0.39, 0.29) is 5.91 Å². The van der Waals surface area contributed by atoms with Crippen LogP contribution in [0.1, 0.15) is 43.9 Å². The molecule has 1 heterocycles. The van der Waals surface area contributed by atoms with Crippen molar-refractivity contribution in [1.29, 1.82) is 0 Å². The Morgan fingerprint density at radius 2 is 1.82 bits per heavy atom. The monoisotopic (exact) mass is 241 g/mol. The van der Waals surface area contributed by atoms with Gasteiger partial charge in [-0.25, -0.2) is 4.98 Å². The molecular formula is C12H23N3O2. The normalized spacial score (nSPS) is 7.94. The van der Waals surface area contributed by atoms with Gasteiger partial charge >= 0.3 is 0 Å². The number of hydrogen-bond acceptors (Lipinski definition) is 4. The van der Waals surface area contributed by atoms with Crippen molar-refractivity contribution in [2.45, 2.75) is 34.6 Å². The van der Waals surface area contributed by atoms with E-state index in [4.69, 9.17) is 4.74 Å². The van der Waals surface area contributed by atoms with E-state index in [1.165, 1.54) is 13.3 Å². The van der Waals surface area contributed by atoms with Crippen LogP contribution >= 0.6 is 0 Å². The van der Waals surface area contributed by atoms with E-state index >= 15 is 0 Å². The van der Waals surface area contributed by atoms with Crippen LogP contribution in [0.25, 0.3) is 0 Å². The minimum absolute atomic E-state index is 0.260. The molecule has 0 fully saturated rings. The molecule has 1 N–H and O–H groups in total. The highest BCUT2D eigenvalue weighted by atomic mass is 16.5. The Morgan fingerprint density at radius 3 is 2.24 bits per heavy atom. The maximum Gasteiger partial charge on any atom is 0.271 e. The lowest BCUT2D eigenvalue weighted by Gasteiger charge is -2.04.